The lowest BCUT2D eigenvalue weighted by Gasteiger charge is -2.40. The highest BCUT2D eigenvalue weighted by atomic mass is 16.6. The fourth-order valence-electron chi connectivity index (χ4n) is 7.24. The molecule has 3 amide bonds. The summed E-state index contributed by atoms with van der Waals surface area (Å²) in [5.74, 6) is 2.60. The van der Waals surface area contributed by atoms with Gasteiger partial charge in [0, 0.05) is 13.1 Å². The van der Waals surface area contributed by atoms with E-state index >= 15 is 4.79 Å². The van der Waals surface area contributed by atoms with Crippen LogP contribution in [0.1, 0.15) is 83.5 Å². The summed E-state index contributed by atoms with van der Waals surface area (Å²) in [5, 5.41) is 9.23. The van der Waals surface area contributed by atoms with Gasteiger partial charge in [-0.15, -0.1) is 0 Å². The van der Waals surface area contributed by atoms with Gasteiger partial charge in [-0.05, 0) is 148 Å². The molecule has 0 bridgehead atoms. The molecule has 5 rings (SSSR count). The third-order valence-corrected chi connectivity index (χ3v) is 9.72. The van der Waals surface area contributed by atoms with Gasteiger partial charge in [-0.2, -0.15) is 0 Å². The number of carbonyl (C=O) groups is 3. The second kappa shape index (κ2) is 17.7. The van der Waals surface area contributed by atoms with Crippen LogP contribution in [-0.2, 0) is 20.7 Å². The predicted octanol–water partition coefficient (Wildman–Crippen LogP) is 8.10. The van der Waals surface area contributed by atoms with Crippen molar-refractivity contribution in [2.45, 2.75) is 90.5 Å². The quantitative estimate of drug-likeness (QED) is 0.101. The summed E-state index contributed by atoms with van der Waals surface area (Å²) in [6.45, 7) is 11.4. The molecular weight excluding hydrogens is 730 g/mol. The maximum Gasteiger partial charge on any atom is 0.408 e. The Kier molecular flexibility index (Phi) is 13.2. The number of hydrogen-bond acceptors (Lipinski definition) is 10. The first-order valence-electron chi connectivity index (χ1n) is 19.2. The molecule has 2 atom stereocenters. The summed E-state index contributed by atoms with van der Waals surface area (Å²) in [5.41, 5.74) is 1.27. The van der Waals surface area contributed by atoms with Gasteiger partial charge in [-0.3, -0.25) is 4.79 Å². The molecular formula is C44H57N3O10. The standard InChI is InChI=1S/C44H57N3O10/c1-43(2,3)56-41(49)45-18-13-12-14-34(46-42(50)57-44(4,5)6)40(48)47-19-17-27-21-35(52-8)36(53-9)23-30(27)39(47)33-20-26-15-16-28(51-7)22-29(26)31-24-37(54-10)38(55-11)25-32(31)33/h15-16,20-25,34,39H,12-14,17-19H2,1-11H3,(H,45,49)(H,46,50)/t34-,39-/m1/s1. The molecule has 0 saturated heterocycles. The number of fused-ring (bicyclic) bond motifs is 4. The van der Waals surface area contributed by atoms with Crippen LogP contribution in [0, 0.1) is 0 Å². The second-order valence-corrected chi connectivity index (χ2v) is 16.0. The Hall–Kier alpha value is -5.59. The van der Waals surface area contributed by atoms with Gasteiger partial charge in [0.2, 0.25) is 5.91 Å². The van der Waals surface area contributed by atoms with Gasteiger partial charge in [0.15, 0.2) is 23.0 Å². The number of alkyl carbamates (subject to hydrolysis) is 2. The summed E-state index contributed by atoms with van der Waals surface area (Å²) >= 11 is 0. The van der Waals surface area contributed by atoms with Gasteiger partial charge in [-0.1, -0.05) is 6.07 Å². The van der Waals surface area contributed by atoms with Crippen LogP contribution in [-0.4, -0.2) is 88.9 Å². The molecule has 0 spiro atoms. The van der Waals surface area contributed by atoms with Crippen molar-refractivity contribution < 1.29 is 47.5 Å². The van der Waals surface area contributed by atoms with E-state index in [1.54, 1.807) is 77.1 Å². The van der Waals surface area contributed by atoms with Crippen LogP contribution in [0.4, 0.5) is 9.59 Å². The average molecular weight is 788 g/mol. The third-order valence-electron chi connectivity index (χ3n) is 9.72. The summed E-state index contributed by atoms with van der Waals surface area (Å²) in [6.07, 6.45) is 0.660. The van der Waals surface area contributed by atoms with E-state index in [-0.39, 0.29) is 5.91 Å². The van der Waals surface area contributed by atoms with Crippen LogP contribution in [0.2, 0.25) is 0 Å². The number of rotatable bonds is 13. The monoisotopic (exact) mass is 787 g/mol. The van der Waals surface area contributed by atoms with E-state index in [0.29, 0.717) is 67.5 Å². The highest BCUT2D eigenvalue weighted by molar-refractivity contribution is 6.11. The van der Waals surface area contributed by atoms with Gasteiger partial charge in [0.25, 0.3) is 0 Å². The second-order valence-electron chi connectivity index (χ2n) is 16.0. The van der Waals surface area contributed by atoms with Crippen LogP contribution in [0.3, 0.4) is 0 Å². The Labute approximate surface area is 335 Å². The van der Waals surface area contributed by atoms with Crippen LogP contribution in [0.5, 0.6) is 28.7 Å². The minimum absolute atomic E-state index is 0.283. The van der Waals surface area contributed by atoms with Gasteiger partial charge < -0.3 is 48.7 Å². The lowest BCUT2D eigenvalue weighted by atomic mass is 9.83. The Morgan fingerprint density at radius 1 is 0.684 bits per heavy atom. The maximum absolute atomic E-state index is 15.2. The van der Waals surface area contributed by atoms with E-state index in [4.69, 9.17) is 33.2 Å². The summed E-state index contributed by atoms with van der Waals surface area (Å²) < 4.78 is 39.7. The summed E-state index contributed by atoms with van der Waals surface area (Å²) in [6, 6.07) is 14.2. The molecule has 0 aliphatic carbocycles. The zero-order valence-electron chi connectivity index (χ0n) is 35.0. The normalized spacial score (nSPS) is 14.6. The van der Waals surface area contributed by atoms with Crippen molar-refractivity contribution in [3.05, 3.63) is 65.2 Å². The highest BCUT2D eigenvalue weighted by Gasteiger charge is 2.38. The smallest absolute Gasteiger partial charge is 0.408 e. The molecule has 308 valence electrons. The third kappa shape index (κ3) is 10.1. The molecule has 0 aromatic heterocycles. The molecule has 4 aromatic rings. The van der Waals surface area contributed by atoms with E-state index in [2.05, 4.69) is 16.7 Å². The van der Waals surface area contributed by atoms with Crippen molar-refractivity contribution in [2.24, 2.45) is 0 Å². The van der Waals surface area contributed by atoms with E-state index in [1.807, 2.05) is 47.4 Å². The van der Waals surface area contributed by atoms with Crippen molar-refractivity contribution >= 4 is 39.6 Å². The molecule has 1 aliphatic rings. The van der Waals surface area contributed by atoms with Crippen LogP contribution in [0.25, 0.3) is 21.5 Å². The minimum atomic E-state index is -0.948. The molecule has 1 aliphatic heterocycles. The predicted molar refractivity (Wildman–Crippen MR) is 219 cm³/mol. The van der Waals surface area contributed by atoms with Crippen molar-refractivity contribution in [3.63, 3.8) is 0 Å². The molecule has 57 heavy (non-hydrogen) atoms. The van der Waals surface area contributed by atoms with E-state index in [0.717, 1.165) is 38.2 Å². The number of hydrogen-bond donors (Lipinski definition) is 2. The van der Waals surface area contributed by atoms with Gasteiger partial charge in [0.05, 0.1) is 41.6 Å². The zero-order chi connectivity index (χ0) is 41.7. The fourth-order valence-corrected chi connectivity index (χ4v) is 7.24. The first-order valence-corrected chi connectivity index (χ1v) is 19.2. The lowest BCUT2D eigenvalue weighted by molar-refractivity contribution is -0.135. The van der Waals surface area contributed by atoms with E-state index in [1.165, 1.54) is 0 Å². The van der Waals surface area contributed by atoms with Crippen LogP contribution >= 0.6 is 0 Å². The van der Waals surface area contributed by atoms with Crippen LogP contribution < -0.4 is 34.3 Å². The first kappa shape index (κ1) is 42.6. The Morgan fingerprint density at radius 3 is 1.89 bits per heavy atom. The number of nitrogens with zero attached hydrogens (tertiary/aromatic N) is 1. The Morgan fingerprint density at radius 2 is 1.28 bits per heavy atom. The molecule has 13 nitrogen and oxygen atoms in total. The van der Waals surface area contributed by atoms with Crippen LogP contribution in [0.15, 0.2) is 48.5 Å². The van der Waals surface area contributed by atoms with Crippen molar-refractivity contribution in [2.75, 3.05) is 48.6 Å². The molecule has 0 saturated carbocycles. The number of nitrogens with one attached hydrogen (secondary N) is 2. The number of unbranched alkanes of at least 4 members (excludes halogenated alkanes) is 1. The summed E-state index contributed by atoms with van der Waals surface area (Å²) in [7, 11) is 8.00. The largest absolute Gasteiger partial charge is 0.497 e. The molecule has 1 heterocycles. The molecule has 4 aromatic carbocycles. The number of amides is 3. The van der Waals surface area contributed by atoms with Gasteiger partial charge in [0.1, 0.15) is 23.0 Å². The van der Waals surface area contributed by atoms with E-state index < -0.39 is 35.5 Å². The highest BCUT2D eigenvalue weighted by Crippen LogP contribution is 2.47. The minimum Gasteiger partial charge on any atom is -0.497 e. The maximum atomic E-state index is 15.2. The molecule has 2 N–H and O–H groups in total. The molecule has 0 fully saturated rings. The number of methoxy groups -OCH3 is 5. The van der Waals surface area contributed by atoms with Crippen molar-refractivity contribution in [3.8, 4) is 28.7 Å². The number of benzene rings is 4. The Balaban J connectivity index is 1.65. The fraction of sp³-hybridized carbons (Fsp3) is 0.477. The Bertz CT molecular complexity index is 2100. The molecule has 0 unspecified atom stereocenters. The van der Waals surface area contributed by atoms with Crippen molar-refractivity contribution in [1.82, 2.24) is 15.5 Å². The van der Waals surface area contributed by atoms with E-state index in [9.17, 15) is 9.59 Å². The number of carbonyl (C=O) groups excluding carboxylic acids is 3. The van der Waals surface area contributed by atoms with Gasteiger partial charge >= 0.3 is 12.2 Å². The average Bonchev–Trinajstić information content (AvgIpc) is 3.16. The topological polar surface area (TPSA) is 143 Å². The number of ether oxygens (including phenoxy) is 7. The first-order chi connectivity index (χ1) is 27.0. The summed E-state index contributed by atoms with van der Waals surface area (Å²) in [4.78, 5) is 42.6. The van der Waals surface area contributed by atoms with Crippen molar-refractivity contribution in [1.29, 1.82) is 0 Å². The lowest BCUT2D eigenvalue weighted by Crippen LogP contribution is -2.52. The molecule has 13 heteroatoms. The van der Waals surface area contributed by atoms with Gasteiger partial charge in [-0.25, -0.2) is 9.59 Å². The molecule has 0 radical (unpaired) electrons. The SMILES string of the molecule is COc1ccc2cc([C@H]3c4cc(OC)c(OC)cc4CCN3C(=O)[C@@H](CCCCNC(=O)OC(C)(C)C)NC(=O)OC(C)(C)C)c3cc(OC)c(OC)cc3c2c1. The zero-order valence-corrected chi connectivity index (χ0v) is 35.0.